The van der Waals surface area contributed by atoms with Gasteiger partial charge in [-0.05, 0) is 25.5 Å². The van der Waals surface area contributed by atoms with E-state index in [2.05, 4.69) is 16.9 Å². The van der Waals surface area contributed by atoms with E-state index in [-0.39, 0.29) is 11.9 Å². The molecule has 2 aromatic rings. The van der Waals surface area contributed by atoms with Crippen LogP contribution in [0.15, 0.2) is 29.6 Å². The maximum absolute atomic E-state index is 13.6. The molecule has 18 heavy (non-hydrogen) atoms. The van der Waals surface area contributed by atoms with E-state index in [1.807, 2.05) is 6.07 Å². The van der Waals surface area contributed by atoms with Gasteiger partial charge in [0, 0.05) is 17.2 Å². The molecule has 0 unspecified atom stereocenters. The molecule has 0 radical (unpaired) electrons. The Morgan fingerprint density at radius 3 is 3.06 bits per heavy atom. The van der Waals surface area contributed by atoms with E-state index in [0.717, 1.165) is 23.4 Å². The average molecular weight is 264 g/mol. The van der Waals surface area contributed by atoms with Crippen LogP contribution >= 0.6 is 11.8 Å². The zero-order valence-electron chi connectivity index (χ0n) is 9.97. The van der Waals surface area contributed by atoms with Gasteiger partial charge in [0.15, 0.2) is 0 Å². The van der Waals surface area contributed by atoms with Crippen LogP contribution in [-0.4, -0.2) is 27.9 Å². The summed E-state index contributed by atoms with van der Waals surface area (Å²) >= 11 is 1.65. The third kappa shape index (κ3) is 2.08. The maximum atomic E-state index is 13.6. The molecule has 2 atom stereocenters. The summed E-state index contributed by atoms with van der Waals surface area (Å²) in [5, 5.41) is 2.00. The van der Waals surface area contributed by atoms with Crippen molar-refractivity contribution in [2.24, 2.45) is 0 Å². The van der Waals surface area contributed by atoms with Crippen molar-refractivity contribution >= 4 is 22.7 Å². The molecule has 1 aromatic heterocycles. The number of benzene rings is 1. The second-order valence-corrected chi connectivity index (χ2v) is 5.56. The summed E-state index contributed by atoms with van der Waals surface area (Å²) in [5.41, 5.74) is 0.390. The molecule has 2 heterocycles. The predicted octanol–water partition coefficient (Wildman–Crippen LogP) is 3.04. The summed E-state index contributed by atoms with van der Waals surface area (Å²) in [7, 11) is 0. The molecule has 0 amide bonds. The molecular formula is C13H13FN2OS. The quantitative estimate of drug-likeness (QED) is 0.781. The monoisotopic (exact) mass is 264 g/mol. The lowest BCUT2D eigenvalue weighted by atomic mass is 10.2. The van der Waals surface area contributed by atoms with Gasteiger partial charge in [0.1, 0.15) is 22.7 Å². The Balaban J connectivity index is 1.99. The standard InChI is InChI=1S/C13H13FN2OS/c1-8-11(5-6-17-8)18-13-9-3-2-4-10(14)12(9)15-7-16-13/h2-4,7-8,11H,5-6H2,1H3/t8-,11+/m0/s1. The van der Waals surface area contributed by atoms with Crippen LogP contribution in [0.5, 0.6) is 0 Å². The van der Waals surface area contributed by atoms with Crippen molar-refractivity contribution in [2.75, 3.05) is 6.61 Å². The first-order valence-electron chi connectivity index (χ1n) is 5.93. The van der Waals surface area contributed by atoms with Crippen LogP contribution in [-0.2, 0) is 4.74 Å². The first kappa shape index (κ1) is 11.9. The minimum atomic E-state index is -0.299. The zero-order chi connectivity index (χ0) is 12.5. The van der Waals surface area contributed by atoms with Crippen molar-refractivity contribution in [3.63, 3.8) is 0 Å². The van der Waals surface area contributed by atoms with E-state index in [0.29, 0.717) is 10.8 Å². The molecule has 0 aliphatic carbocycles. The summed E-state index contributed by atoms with van der Waals surface area (Å²) in [6.45, 7) is 2.85. The van der Waals surface area contributed by atoms with Crippen LogP contribution in [0.2, 0.25) is 0 Å². The molecule has 0 bridgehead atoms. The predicted molar refractivity (Wildman–Crippen MR) is 69.2 cm³/mol. The van der Waals surface area contributed by atoms with Gasteiger partial charge in [-0.1, -0.05) is 17.8 Å². The number of hydrogen-bond acceptors (Lipinski definition) is 4. The van der Waals surface area contributed by atoms with E-state index >= 15 is 0 Å². The lowest BCUT2D eigenvalue weighted by Gasteiger charge is -2.13. The molecule has 1 fully saturated rings. The Hall–Kier alpha value is -1.20. The van der Waals surface area contributed by atoms with Crippen molar-refractivity contribution < 1.29 is 9.13 Å². The minimum absolute atomic E-state index is 0.216. The van der Waals surface area contributed by atoms with E-state index in [1.165, 1.54) is 12.4 Å². The Kier molecular flexibility index (Phi) is 3.18. The fraction of sp³-hybridized carbons (Fsp3) is 0.385. The normalized spacial score (nSPS) is 23.7. The smallest absolute Gasteiger partial charge is 0.149 e. The molecule has 0 spiro atoms. The largest absolute Gasteiger partial charge is 0.377 e. The second-order valence-electron chi connectivity index (χ2n) is 4.34. The number of aromatic nitrogens is 2. The molecule has 1 aliphatic rings. The number of ether oxygens (including phenoxy) is 1. The molecule has 1 aromatic carbocycles. The second kappa shape index (κ2) is 4.82. The molecule has 3 nitrogen and oxygen atoms in total. The summed E-state index contributed by atoms with van der Waals surface area (Å²) in [6.07, 6.45) is 2.65. The molecule has 3 rings (SSSR count). The summed E-state index contributed by atoms with van der Waals surface area (Å²) < 4.78 is 19.2. The topological polar surface area (TPSA) is 35.0 Å². The molecule has 1 aliphatic heterocycles. The van der Waals surface area contributed by atoms with Crippen LogP contribution in [0.3, 0.4) is 0 Å². The number of halogens is 1. The Morgan fingerprint density at radius 2 is 2.28 bits per heavy atom. The van der Waals surface area contributed by atoms with Gasteiger partial charge in [-0.3, -0.25) is 0 Å². The van der Waals surface area contributed by atoms with Gasteiger partial charge < -0.3 is 4.74 Å². The Labute approximate surface area is 109 Å². The van der Waals surface area contributed by atoms with Crippen LogP contribution in [0.4, 0.5) is 4.39 Å². The van der Waals surface area contributed by atoms with Crippen LogP contribution in [0.25, 0.3) is 10.9 Å². The SMILES string of the molecule is C[C@@H]1OCC[C@H]1Sc1ncnc2c(F)cccc12. The van der Waals surface area contributed by atoms with Crippen molar-refractivity contribution in [2.45, 2.75) is 29.7 Å². The third-order valence-electron chi connectivity index (χ3n) is 3.15. The number of hydrogen-bond donors (Lipinski definition) is 0. The summed E-state index contributed by atoms with van der Waals surface area (Å²) in [5.74, 6) is -0.299. The van der Waals surface area contributed by atoms with Gasteiger partial charge in [0.2, 0.25) is 0 Å². The van der Waals surface area contributed by atoms with Gasteiger partial charge in [-0.15, -0.1) is 0 Å². The van der Waals surface area contributed by atoms with Gasteiger partial charge in [0.25, 0.3) is 0 Å². The Morgan fingerprint density at radius 1 is 1.39 bits per heavy atom. The third-order valence-corrected chi connectivity index (χ3v) is 4.62. The number of para-hydroxylation sites is 1. The first-order valence-corrected chi connectivity index (χ1v) is 6.81. The van der Waals surface area contributed by atoms with Gasteiger partial charge in [0.05, 0.1) is 6.10 Å². The number of thioether (sulfide) groups is 1. The highest BCUT2D eigenvalue weighted by Crippen LogP contribution is 2.34. The highest BCUT2D eigenvalue weighted by atomic mass is 32.2. The summed E-state index contributed by atoms with van der Waals surface area (Å²) in [4.78, 5) is 8.28. The molecular weight excluding hydrogens is 251 g/mol. The fourth-order valence-corrected chi connectivity index (χ4v) is 3.30. The maximum Gasteiger partial charge on any atom is 0.149 e. The lowest BCUT2D eigenvalue weighted by Crippen LogP contribution is -2.13. The highest BCUT2D eigenvalue weighted by molar-refractivity contribution is 8.00. The fourth-order valence-electron chi connectivity index (χ4n) is 2.13. The highest BCUT2D eigenvalue weighted by Gasteiger charge is 2.26. The van der Waals surface area contributed by atoms with Gasteiger partial charge in [-0.25, -0.2) is 14.4 Å². The lowest BCUT2D eigenvalue weighted by molar-refractivity contribution is 0.127. The van der Waals surface area contributed by atoms with E-state index < -0.39 is 0 Å². The van der Waals surface area contributed by atoms with Crippen LogP contribution < -0.4 is 0 Å². The van der Waals surface area contributed by atoms with E-state index in [1.54, 1.807) is 17.8 Å². The van der Waals surface area contributed by atoms with Crippen LogP contribution in [0.1, 0.15) is 13.3 Å². The van der Waals surface area contributed by atoms with Crippen LogP contribution in [0, 0.1) is 5.82 Å². The Bertz CT molecular complexity index is 578. The molecule has 1 saturated heterocycles. The van der Waals surface area contributed by atoms with Gasteiger partial charge >= 0.3 is 0 Å². The average Bonchev–Trinajstić information content (AvgIpc) is 2.77. The van der Waals surface area contributed by atoms with Crippen molar-refractivity contribution in [3.05, 3.63) is 30.3 Å². The minimum Gasteiger partial charge on any atom is -0.377 e. The molecule has 5 heteroatoms. The number of fused-ring (bicyclic) bond motifs is 1. The summed E-state index contributed by atoms with van der Waals surface area (Å²) in [6, 6.07) is 4.98. The van der Waals surface area contributed by atoms with Crippen molar-refractivity contribution in [1.29, 1.82) is 0 Å². The van der Waals surface area contributed by atoms with Crippen molar-refractivity contribution in [3.8, 4) is 0 Å². The molecule has 0 N–H and O–H groups in total. The zero-order valence-corrected chi connectivity index (χ0v) is 10.8. The van der Waals surface area contributed by atoms with E-state index in [9.17, 15) is 4.39 Å². The number of nitrogens with zero attached hydrogens (tertiary/aromatic N) is 2. The molecule has 0 saturated carbocycles. The van der Waals surface area contributed by atoms with Gasteiger partial charge in [-0.2, -0.15) is 0 Å². The number of rotatable bonds is 2. The first-order chi connectivity index (χ1) is 8.75. The van der Waals surface area contributed by atoms with Crippen molar-refractivity contribution in [1.82, 2.24) is 9.97 Å². The molecule has 94 valence electrons. The van der Waals surface area contributed by atoms with E-state index in [4.69, 9.17) is 4.74 Å².